The van der Waals surface area contributed by atoms with E-state index in [2.05, 4.69) is 39.6 Å². The van der Waals surface area contributed by atoms with E-state index in [1.165, 1.54) is 29.9 Å². The topological polar surface area (TPSA) is 67.0 Å². The van der Waals surface area contributed by atoms with E-state index in [1.54, 1.807) is 12.4 Å². The quantitative estimate of drug-likeness (QED) is 0.279. The van der Waals surface area contributed by atoms with E-state index < -0.39 is 5.82 Å². The molecule has 0 bridgehead atoms. The first-order chi connectivity index (χ1) is 18.0. The summed E-state index contributed by atoms with van der Waals surface area (Å²) in [5.74, 6) is -0.770. The van der Waals surface area contributed by atoms with Gasteiger partial charge >= 0.3 is 0 Å². The van der Waals surface area contributed by atoms with Gasteiger partial charge in [-0.15, -0.1) is 0 Å². The van der Waals surface area contributed by atoms with Crippen molar-refractivity contribution in [1.29, 1.82) is 0 Å². The zero-order valence-electron chi connectivity index (χ0n) is 20.1. The van der Waals surface area contributed by atoms with Crippen LogP contribution in [0.1, 0.15) is 38.2 Å². The molecule has 0 fully saturated rings. The smallest absolute Gasteiger partial charge is 0.251 e. The number of para-hydroxylation sites is 1. The second-order valence-corrected chi connectivity index (χ2v) is 9.56. The SMILES string of the molecule is COc1ccc(Cl)c(CNC(=O)c2ccc3c(c2)Cc2cc(-c4cccc5[nH]cnc45)ccc2C3)c1F. The van der Waals surface area contributed by atoms with Gasteiger partial charge in [0.25, 0.3) is 5.91 Å². The van der Waals surface area contributed by atoms with Gasteiger partial charge in [-0.1, -0.05) is 48.0 Å². The molecule has 6 rings (SSSR count). The number of fused-ring (bicyclic) bond motifs is 3. The zero-order valence-corrected chi connectivity index (χ0v) is 20.8. The number of aromatic nitrogens is 2. The van der Waals surface area contributed by atoms with Crippen LogP contribution in [0.2, 0.25) is 5.02 Å². The molecule has 0 saturated heterocycles. The molecule has 2 N–H and O–H groups in total. The fraction of sp³-hybridized carbons (Fsp3) is 0.133. The van der Waals surface area contributed by atoms with E-state index in [-0.39, 0.29) is 28.8 Å². The second-order valence-electron chi connectivity index (χ2n) is 9.15. The average molecular weight is 512 g/mol. The van der Waals surface area contributed by atoms with Gasteiger partial charge < -0.3 is 15.0 Å². The number of carbonyl (C=O) groups excluding carboxylic acids is 1. The Bertz CT molecular complexity index is 1680. The van der Waals surface area contributed by atoms with Crippen LogP contribution in [0.25, 0.3) is 22.2 Å². The molecule has 1 aliphatic carbocycles. The van der Waals surface area contributed by atoms with Crippen molar-refractivity contribution in [2.45, 2.75) is 19.4 Å². The lowest BCUT2D eigenvalue weighted by molar-refractivity contribution is 0.0950. The molecule has 7 heteroatoms. The van der Waals surface area contributed by atoms with Crippen molar-refractivity contribution in [2.75, 3.05) is 7.11 Å². The molecule has 4 aromatic carbocycles. The normalized spacial score (nSPS) is 12.2. The summed E-state index contributed by atoms with van der Waals surface area (Å²) in [7, 11) is 1.39. The summed E-state index contributed by atoms with van der Waals surface area (Å²) in [4.78, 5) is 20.6. The van der Waals surface area contributed by atoms with E-state index in [0.717, 1.165) is 40.6 Å². The van der Waals surface area contributed by atoms with Gasteiger partial charge in [0, 0.05) is 28.3 Å². The Morgan fingerprint density at radius 2 is 1.81 bits per heavy atom. The number of carbonyl (C=O) groups is 1. The van der Waals surface area contributed by atoms with Crippen molar-refractivity contribution >= 4 is 28.5 Å². The lowest BCUT2D eigenvalue weighted by Crippen LogP contribution is -2.24. The number of nitrogens with one attached hydrogen (secondary N) is 2. The second kappa shape index (κ2) is 9.37. The molecule has 1 aromatic heterocycles. The molecular weight excluding hydrogens is 489 g/mol. The summed E-state index contributed by atoms with van der Waals surface area (Å²) >= 11 is 6.16. The van der Waals surface area contributed by atoms with E-state index in [4.69, 9.17) is 16.3 Å². The van der Waals surface area contributed by atoms with Crippen molar-refractivity contribution in [2.24, 2.45) is 0 Å². The maximum absolute atomic E-state index is 14.6. The highest BCUT2D eigenvalue weighted by molar-refractivity contribution is 6.31. The first-order valence-corrected chi connectivity index (χ1v) is 12.3. The van der Waals surface area contributed by atoms with Gasteiger partial charge in [-0.2, -0.15) is 0 Å². The summed E-state index contributed by atoms with van der Waals surface area (Å²) in [6.45, 7) is -0.0390. The standard InChI is InChI=1S/C30H23ClFN3O2/c1-37-27-10-9-25(31)24(28(27)32)15-33-30(36)20-8-6-18-11-17-5-7-19(12-21(17)14-22(18)13-20)23-3-2-4-26-29(23)35-16-34-26/h2-10,12-13,16H,11,14-15H2,1H3,(H,33,36)(H,34,35). The number of imidazole rings is 1. The molecule has 5 nitrogen and oxygen atoms in total. The Morgan fingerprint density at radius 3 is 2.65 bits per heavy atom. The van der Waals surface area contributed by atoms with Crippen LogP contribution in [0.5, 0.6) is 5.75 Å². The monoisotopic (exact) mass is 511 g/mol. The zero-order chi connectivity index (χ0) is 25.5. The first-order valence-electron chi connectivity index (χ1n) is 12.0. The van der Waals surface area contributed by atoms with Crippen molar-refractivity contribution in [3.63, 3.8) is 0 Å². The van der Waals surface area contributed by atoms with Crippen molar-refractivity contribution in [3.05, 3.63) is 117 Å². The number of aromatic amines is 1. The fourth-order valence-electron chi connectivity index (χ4n) is 5.01. The Kier molecular flexibility index (Phi) is 5.89. The Balaban J connectivity index is 1.24. The molecule has 0 radical (unpaired) electrons. The van der Waals surface area contributed by atoms with Crippen LogP contribution >= 0.6 is 11.6 Å². The number of benzene rings is 4. The number of hydrogen-bond acceptors (Lipinski definition) is 3. The highest BCUT2D eigenvalue weighted by Gasteiger charge is 2.20. The van der Waals surface area contributed by atoms with Crippen LogP contribution in [0, 0.1) is 5.82 Å². The first kappa shape index (κ1) is 23.3. The Labute approximate surface area is 218 Å². The summed E-state index contributed by atoms with van der Waals surface area (Å²) in [5, 5.41) is 3.03. The number of halogens is 2. The molecule has 0 unspecified atom stereocenters. The summed E-state index contributed by atoms with van der Waals surface area (Å²) in [6, 6.07) is 21.5. The largest absolute Gasteiger partial charge is 0.494 e. The molecule has 5 aromatic rings. The molecular formula is C30H23ClFN3O2. The minimum absolute atomic E-state index is 0.0390. The molecule has 1 amide bonds. The predicted molar refractivity (Wildman–Crippen MR) is 143 cm³/mol. The highest BCUT2D eigenvalue weighted by Crippen LogP contribution is 2.33. The molecule has 0 aliphatic heterocycles. The lowest BCUT2D eigenvalue weighted by Gasteiger charge is -2.21. The van der Waals surface area contributed by atoms with Crippen LogP contribution < -0.4 is 10.1 Å². The minimum Gasteiger partial charge on any atom is -0.494 e. The third kappa shape index (κ3) is 4.23. The van der Waals surface area contributed by atoms with Crippen molar-refractivity contribution in [1.82, 2.24) is 15.3 Å². The van der Waals surface area contributed by atoms with Gasteiger partial charge in [0.15, 0.2) is 11.6 Å². The third-order valence-electron chi connectivity index (χ3n) is 6.99. The minimum atomic E-state index is -0.571. The van der Waals surface area contributed by atoms with Gasteiger partial charge in [0.05, 0.1) is 24.5 Å². The number of rotatable bonds is 5. The number of hydrogen-bond donors (Lipinski definition) is 2. The summed E-state index contributed by atoms with van der Waals surface area (Å²) < 4.78 is 19.6. The third-order valence-corrected chi connectivity index (χ3v) is 7.35. The van der Waals surface area contributed by atoms with Gasteiger partial charge in [0.1, 0.15) is 0 Å². The molecule has 1 heterocycles. The fourth-order valence-corrected chi connectivity index (χ4v) is 5.22. The number of amides is 1. The van der Waals surface area contributed by atoms with E-state index in [1.807, 2.05) is 30.3 Å². The van der Waals surface area contributed by atoms with E-state index in [9.17, 15) is 9.18 Å². The molecule has 37 heavy (non-hydrogen) atoms. The highest BCUT2D eigenvalue weighted by atomic mass is 35.5. The molecule has 0 saturated carbocycles. The Hall–Kier alpha value is -4.16. The summed E-state index contributed by atoms with van der Waals surface area (Å²) in [5.41, 5.74) is 9.71. The van der Waals surface area contributed by atoms with Crippen molar-refractivity contribution < 1.29 is 13.9 Å². The van der Waals surface area contributed by atoms with Crippen LogP contribution in [0.4, 0.5) is 4.39 Å². The molecule has 0 spiro atoms. The van der Waals surface area contributed by atoms with Crippen LogP contribution in [-0.4, -0.2) is 23.0 Å². The number of methoxy groups -OCH3 is 1. The maximum atomic E-state index is 14.6. The van der Waals surface area contributed by atoms with Crippen LogP contribution in [0.3, 0.4) is 0 Å². The van der Waals surface area contributed by atoms with Gasteiger partial charge in [-0.05, 0) is 71.0 Å². The predicted octanol–water partition coefficient (Wildman–Crippen LogP) is 6.46. The Morgan fingerprint density at radius 1 is 1.03 bits per heavy atom. The maximum Gasteiger partial charge on any atom is 0.251 e. The molecule has 1 aliphatic rings. The van der Waals surface area contributed by atoms with Gasteiger partial charge in [0.2, 0.25) is 0 Å². The average Bonchev–Trinajstić information content (AvgIpc) is 3.40. The number of nitrogens with zero attached hydrogens (tertiary/aromatic N) is 1. The number of ether oxygens (including phenoxy) is 1. The van der Waals surface area contributed by atoms with E-state index in [0.29, 0.717) is 5.56 Å². The van der Waals surface area contributed by atoms with Crippen molar-refractivity contribution in [3.8, 4) is 16.9 Å². The molecule has 0 atom stereocenters. The lowest BCUT2D eigenvalue weighted by atomic mass is 9.83. The molecule has 184 valence electrons. The van der Waals surface area contributed by atoms with Crippen LogP contribution in [0.15, 0.2) is 73.1 Å². The van der Waals surface area contributed by atoms with Gasteiger partial charge in [-0.3, -0.25) is 4.79 Å². The van der Waals surface area contributed by atoms with E-state index >= 15 is 0 Å². The van der Waals surface area contributed by atoms with Gasteiger partial charge in [-0.25, -0.2) is 9.37 Å². The van der Waals surface area contributed by atoms with Crippen LogP contribution in [-0.2, 0) is 19.4 Å². The summed E-state index contributed by atoms with van der Waals surface area (Å²) in [6.07, 6.45) is 3.25. The number of H-pyrrole nitrogens is 1.